The molecule has 96 valence electrons. The molecular formula is C13H23N3S. The van der Waals surface area contributed by atoms with Crippen molar-refractivity contribution >= 4 is 11.3 Å². The third-order valence-corrected chi connectivity index (χ3v) is 4.41. The third-order valence-electron chi connectivity index (χ3n) is 3.62. The highest BCUT2D eigenvalue weighted by Crippen LogP contribution is 2.23. The molecule has 0 bridgehead atoms. The number of aryl methyl sites for hydroxylation is 1. The van der Waals surface area contributed by atoms with Crippen molar-refractivity contribution in [3.05, 3.63) is 16.1 Å². The van der Waals surface area contributed by atoms with E-state index in [1.54, 1.807) is 11.3 Å². The fraction of sp³-hybridized carbons (Fsp3) is 0.769. The number of hydrogen-bond donors (Lipinski definition) is 1. The van der Waals surface area contributed by atoms with Crippen molar-refractivity contribution < 1.29 is 0 Å². The van der Waals surface area contributed by atoms with Crippen molar-refractivity contribution in [2.24, 2.45) is 0 Å². The first-order valence-corrected chi connectivity index (χ1v) is 7.42. The summed E-state index contributed by atoms with van der Waals surface area (Å²) >= 11 is 1.73. The lowest BCUT2D eigenvalue weighted by Crippen LogP contribution is -2.52. The molecule has 1 aromatic heterocycles. The minimum atomic E-state index is 0.308. The highest BCUT2D eigenvalue weighted by atomic mass is 32.1. The summed E-state index contributed by atoms with van der Waals surface area (Å²) in [4.78, 5) is 4.56. The summed E-state index contributed by atoms with van der Waals surface area (Å²) in [6.45, 7) is 8.87. The number of piperidine rings is 1. The summed E-state index contributed by atoms with van der Waals surface area (Å²) < 4.78 is 0. The quantitative estimate of drug-likeness (QED) is 0.896. The van der Waals surface area contributed by atoms with Gasteiger partial charge in [0.15, 0.2) is 0 Å². The molecule has 1 saturated heterocycles. The fourth-order valence-corrected chi connectivity index (χ4v) is 3.25. The van der Waals surface area contributed by atoms with E-state index in [0.29, 0.717) is 18.1 Å². The van der Waals surface area contributed by atoms with Crippen molar-refractivity contribution in [1.29, 1.82) is 0 Å². The van der Waals surface area contributed by atoms with Gasteiger partial charge in [-0.3, -0.25) is 0 Å². The summed E-state index contributed by atoms with van der Waals surface area (Å²) in [5.41, 5.74) is 4.79. The Morgan fingerprint density at radius 3 is 2.59 bits per heavy atom. The number of hydrogen-bond acceptors (Lipinski definition) is 4. The second kappa shape index (κ2) is 5.46. The highest BCUT2D eigenvalue weighted by molar-refractivity contribution is 7.09. The molecule has 2 rings (SSSR count). The molecule has 3 unspecified atom stereocenters. The Kier molecular flexibility index (Phi) is 4.17. The Labute approximate surface area is 108 Å². The van der Waals surface area contributed by atoms with Crippen molar-refractivity contribution in [3.63, 3.8) is 0 Å². The van der Waals surface area contributed by atoms with Crippen molar-refractivity contribution in [2.75, 3.05) is 0 Å². The van der Waals surface area contributed by atoms with Crippen LogP contribution in [-0.2, 0) is 0 Å². The molecule has 4 heteroatoms. The van der Waals surface area contributed by atoms with Crippen LogP contribution in [0.3, 0.4) is 0 Å². The van der Waals surface area contributed by atoms with Gasteiger partial charge in [-0.15, -0.1) is 11.3 Å². The molecule has 0 aromatic carbocycles. The second-order valence-corrected chi connectivity index (χ2v) is 6.24. The van der Waals surface area contributed by atoms with Crippen LogP contribution in [0.5, 0.6) is 0 Å². The summed E-state index contributed by atoms with van der Waals surface area (Å²) in [5, 5.41) is 5.73. The van der Waals surface area contributed by atoms with Gasteiger partial charge in [0.2, 0.25) is 0 Å². The Hall–Kier alpha value is -0.450. The van der Waals surface area contributed by atoms with E-state index in [9.17, 15) is 0 Å². The number of hydrazine groups is 1. The average Bonchev–Trinajstić information content (AvgIpc) is 2.70. The average molecular weight is 253 g/mol. The van der Waals surface area contributed by atoms with Gasteiger partial charge in [-0.2, -0.15) is 0 Å². The molecule has 0 aliphatic carbocycles. The maximum absolute atomic E-state index is 4.56. The Morgan fingerprint density at radius 1 is 1.41 bits per heavy atom. The molecule has 0 saturated carbocycles. The fourth-order valence-electron chi connectivity index (χ4n) is 2.54. The van der Waals surface area contributed by atoms with E-state index in [1.807, 2.05) is 0 Å². The standard InChI is InChI=1S/C13H23N3S/c1-9-6-5-7-10(2)16(9)15-11(3)13-8-17-12(4)14-13/h8-11,15H,5-7H2,1-4H3. The summed E-state index contributed by atoms with van der Waals surface area (Å²) in [6.07, 6.45) is 3.94. The lowest BCUT2D eigenvalue weighted by atomic mass is 10.00. The monoisotopic (exact) mass is 253 g/mol. The van der Waals surface area contributed by atoms with Gasteiger partial charge in [0.1, 0.15) is 0 Å². The second-order valence-electron chi connectivity index (χ2n) is 5.18. The van der Waals surface area contributed by atoms with Crippen LogP contribution >= 0.6 is 11.3 Å². The van der Waals surface area contributed by atoms with Gasteiger partial charge >= 0.3 is 0 Å². The summed E-state index contributed by atoms with van der Waals surface area (Å²) in [7, 11) is 0. The molecule has 1 aliphatic rings. The molecule has 1 fully saturated rings. The first kappa shape index (κ1) is 13.0. The SMILES string of the molecule is Cc1nc(C(C)NN2C(C)CCCC2C)cs1. The Bertz CT molecular complexity index is 353. The smallest absolute Gasteiger partial charge is 0.0898 e. The maximum atomic E-state index is 4.56. The first-order chi connectivity index (χ1) is 8.08. The molecular weight excluding hydrogens is 230 g/mol. The van der Waals surface area contributed by atoms with Gasteiger partial charge in [0, 0.05) is 17.5 Å². The van der Waals surface area contributed by atoms with E-state index >= 15 is 0 Å². The molecule has 3 nitrogen and oxygen atoms in total. The number of thiazole rings is 1. The van der Waals surface area contributed by atoms with Crippen LogP contribution in [0.1, 0.15) is 56.8 Å². The van der Waals surface area contributed by atoms with Gasteiger partial charge in [-0.05, 0) is 40.5 Å². The van der Waals surface area contributed by atoms with Gasteiger partial charge in [-0.25, -0.2) is 15.4 Å². The van der Waals surface area contributed by atoms with Crippen LogP contribution in [0.4, 0.5) is 0 Å². The van der Waals surface area contributed by atoms with Gasteiger partial charge in [0.05, 0.1) is 16.7 Å². The van der Waals surface area contributed by atoms with Crippen LogP contribution in [-0.4, -0.2) is 22.1 Å². The van der Waals surface area contributed by atoms with E-state index in [0.717, 1.165) is 10.7 Å². The number of nitrogens with one attached hydrogen (secondary N) is 1. The number of aromatic nitrogens is 1. The lowest BCUT2D eigenvalue weighted by molar-refractivity contribution is 0.0315. The van der Waals surface area contributed by atoms with Gasteiger partial charge in [0.25, 0.3) is 0 Å². The van der Waals surface area contributed by atoms with Gasteiger partial charge in [-0.1, -0.05) is 6.42 Å². The number of rotatable bonds is 3. The van der Waals surface area contributed by atoms with Crippen molar-refractivity contribution in [1.82, 2.24) is 15.4 Å². The maximum Gasteiger partial charge on any atom is 0.0898 e. The zero-order chi connectivity index (χ0) is 12.4. The molecule has 0 radical (unpaired) electrons. The molecule has 1 N–H and O–H groups in total. The Balaban J connectivity index is 1.99. The molecule has 1 aliphatic heterocycles. The lowest BCUT2D eigenvalue weighted by Gasteiger charge is -2.40. The predicted molar refractivity (Wildman–Crippen MR) is 73.0 cm³/mol. The Morgan fingerprint density at radius 2 is 2.06 bits per heavy atom. The molecule has 0 spiro atoms. The van der Waals surface area contributed by atoms with E-state index < -0.39 is 0 Å². The van der Waals surface area contributed by atoms with Crippen LogP contribution in [0.25, 0.3) is 0 Å². The number of nitrogens with zero attached hydrogens (tertiary/aromatic N) is 2. The van der Waals surface area contributed by atoms with Crippen molar-refractivity contribution in [2.45, 2.75) is 65.1 Å². The zero-order valence-corrected chi connectivity index (χ0v) is 12.0. The first-order valence-electron chi connectivity index (χ1n) is 6.54. The van der Waals surface area contributed by atoms with Crippen LogP contribution in [0, 0.1) is 6.92 Å². The molecule has 3 atom stereocenters. The van der Waals surface area contributed by atoms with Crippen molar-refractivity contribution in [3.8, 4) is 0 Å². The summed E-state index contributed by atoms with van der Waals surface area (Å²) in [5.74, 6) is 0. The summed E-state index contributed by atoms with van der Waals surface area (Å²) in [6, 6.07) is 1.56. The molecule has 17 heavy (non-hydrogen) atoms. The molecule has 2 heterocycles. The molecule has 1 aromatic rings. The minimum Gasteiger partial charge on any atom is -0.246 e. The van der Waals surface area contributed by atoms with E-state index in [-0.39, 0.29) is 0 Å². The zero-order valence-electron chi connectivity index (χ0n) is 11.2. The van der Waals surface area contributed by atoms with Crippen LogP contribution < -0.4 is 5.43 Å². The predicted octanol–water partition coefficient (Wildman–Crippen LogP) is 3.28. The van der Waals surface area contributed by atoms with E-state index in [1.165, 1.54) is 19.3 Å². The largest absolute Gasteiger partial charge is 0.246 e. The normalized spacial score (nSPS) is 28.2. The molecule has 0 amide bonds. The van der Waals surface area contributed by atoms with Crippen LogP contribution in [0.2, 0.25) is 0 Å². The van der Waals surface area contributed by atoms with Crippen LogP contribution in [0.15, 0.2) is 5.38 Å². The topological polar surface area (TPSA) is 28.2 Å². The van der Waals surface area contributed by atoms with Gasteiger partial charge < -0.3 is 0 Å². The van der Waals surface area contributed by atoms with E-state index in [2.05, 4.69) is 48.5 Å². The third kappa shape index (κ3) is 3.06. The highest BCUT2D eigenvalue weighted by Gasteiger charge is 2.26. The van der Waals surface area contributed by atoms with E-state index in [4.69, 9.17) is 0 Å². The minimum absolute atomic E-state index is 0.308.